The van der Waals surface area contributed by atoms with Crippen molar-refractivity contribution in [2.75, 3.05) is 13.2 Å². The van der Waals surface area contributed by atoms with Gasteiger partial charge in [-0.05, 0) is 18.8 Å². The monoisotopic (exact) mass is 252 g/mol. The Balaban J connectivity index is 2.08. The Bertz CT molecular complexity index is 369. The lowest BCUT2D eigenvalue weighted by atomic mass is 9.80. The number of hydrogen-bond donors (Lipinski definition) is 2. The zero-order valence-electron chi connectivity index (χ0n) is 11.2. The van der Waals surface area contributed by atoms with Crippen LogP contribution in [0.3, 0.4) is 0 Å². The molecule has 0 spiro atoms. The van der Waals surface area contributed by atoms with E-state index < -0.39 is 0 Å². The van der Waals surface area contributed by atoms with Gasteiger partial charge < -0.3 is 10.8 Å². The van der Waals surface area contributed by atoms with Gasteiger partial charge >= 0.3 is 0 Å². The van der Waals surface area contributed by atoms with E-state index in [1.807, 2.05) is 4.68 Å². The van der Waals surface area contributed by atoms with E-state index in [9.17, 15) is 5.11 Å². The van der Waals surface area contributed by atoms with E-state index in [1.165, 1.54) is 12.8 Å². The van der Waals surface area contributed by atoms with Crippen LogP contribution in [0.2, 0.25) is 0 Å². The maximum atomic E-state index is 9.74. The van der Waals surface area contributed by atoms with Gasteiger partial charge in [0.2, 0.25) is 0 Å². The third-order valence-electron chi connectivity index (χ3n) is 3.85. The second-order valence-corrected chi connectivity index (χ2v) is 5.59. The highest BCUT2D eigenvalue weighted by molar-refractivity contribution is 4.97. The number of aliphatic hydroxyl groups excluding tert-OH is 1. The van der Waals surface area contributed by atoms with Gasteiger partial charge in [0.1, 0.15) is 12.2 Å². The molecule has 1 atom stereocenters. The molecule has 0 aliphatic heterocycles. The molecule has 0 bridgehead atoms. The Labute approximate surface area is 108 Å². The van der Waals surface area contributed by atoms with Crippen molar-refractivity contribution in [3.63, 3.8) is 0 Å². The quantitative estimate of drug-likeness (QED) is 0.722. The Hall–Kier alpha value is -0.940. The van der Waals surface area contributed by atoms with Crippen LogP contribution < -0.4 is 5.73 Å². The summed E-state index contributed by atoms with van der Waals surface area (Å²) in [6.45, 7) is 3.65. The van der Waals surface area contributed by atoms with Gasteiger partial charge in [0.25, 0.3) is 0 Å². The van der Waals surface area contributed by atoms with E-state index in [0.717, 1.165) is 37.5 Å². The van der Waals surface area contributed by atoms with Gasteiger partial charge in [-0.2, -0.15) is 5.10 Å². The average molecular weight is 252 g/mol. The molecule has 5 nitrogen and oxygen atoms in total. The number of rotatable bonds is 8. The summed E-state index contributed by atoms with van der Waals surface area (Å²) in [6, 6.07) is 0. The fraction of sp³-hybridized carbons (Fsp3) is 0.846. The van der Waals surface area contributed by atoms with Crippen LogP contribution in [0, 0.1) is 11.3 Å². The highest BCUT2D eigenvalue weighted by Crippen LogP contribution is 2.41. The van der Waals surface area contributed by atoms with Crippen molar-refractivity contribution in [3.05, 3.63) is 12.2 Å². The summed E-state index contributed by atoms with van der Waals surface area (Å²) < 4.78 is 1.94. The molecule has 102 valence electrons. The highest BCUT2D eigenvalue weighted by atomic mass is 16.3. The molecular formula is C13H24N4O. The molecule has 2 rings (SSSR count). The number of aryl methyl sites for hydroxylation is 1. The molecule has 0 amide bonds. The molecule has 1 aromatic heterocycles. The van der Waals surface area contributed by atoms with E-state index in [4.69, 9.17) is 5.73 Å². The summed E-state index contributed by atoms with van der Waals surface area (Å²) in [5.74, 6) is 1.71. The summed E-state index contributed by atoms with van der Waals surface area (Å²) in [6.07, 6.45) is 6.94. The van der Waals surface area contributed by atoms with Crippen LogP contribution in [0.5, 0.6) is 0 Å². The number of aliphatic hydroxyl groups is 1. The van der Waals surface area contributed by atoms with Gasteiger partial charge in [0.15, 0.2) is 0 Å². The molecule has 5 heteroatoms. The third kappa shape index (κ3) is 3.09. The maximum Gasteiger partial charge on any atom is 0.138 e. The molecule has 1 heterocycles. The lowest BCUT2D eigenvalue weighted by molar-refractivity contribution is 0.112. The van der Waals surface area contributed by atoms with Gasteiger partial charge in [-0.3, -0.25) is 4.68 Å². The summed E-state index contributed by atoms with van der Waals surface area (Å²) >= 11 is 0. The minimum Gasteiger partial charge on any atom is -0.396 e. The second kappa shape index (κ2) is 5.80. The minimum absolute atomic E-state index is 0.138. The molecule has 1 fully saturated rings. The van der Waals surface area contributed by atoms with Crippen molar-refractivity contribution in [1.29, 1.82) is 0 Å². The van der Waals surface area contributed by atoms with Crippen LogP contribution in [0.15, 0.2) is 6.33 Å². The smallest absolute Gasteiger partial charge is 0.138 e. The van der Waals surface area contributed by atoms with E-state index in [0.29, 0.717) is 6.54 Å². The van der Waals surface area contributed by atoms with Crippen molar-refractivity contribution in [3.8, 4) is 0 Å². The van der Waals surface area contributed by atoms with Gasteiger partial charge in [-0.15, -0.1) is 0 Å². The van der Waals surface area contributed by atoms with Gasteiger partial charge in [0, 0.05) is 24.9 Å². The summed E-state index contributed by atoms with van der Waals surface area (Å²) in [5, 5.41) is 14.0. The van der Waals surface area contributed by atoms with Crippen LogP contribution in [-0.2, 0) is 13.0 Å². The molecule has 1 aliphatic rings. The standard InChI is InChI=1S/C13H24N4O/c1-2-5-17-12(15-10-16-17)7-13(8-14,9-18)6-11-3-4-11/h10-11,18H,2-9,14H2,1H3. The number of hydrogen-bond acceptors (Lipinski definition) is 4. The first-order valence-electron chi connectivity index (χ1n) is 6.90. The molecule has 1 unspecified atom stereocenters. The molecule has 3 N–H and O–H groups in total. The second-order valence-electron chi connectivity index (χ2n) is 5.59. The van der Waals surface area contributed by atoms with Crippen LogP contribution in [-0.4, -0.2) is 33.0 Å². The molecule has 18 heavy (non-hydrogen) atoms. The van der Waals surface area contributed by atoms with E-state index >= 15 is 0 Å². The van der Waals surface area contributed by atoms with Crippen LogP contribution in [0.4, 0.5) is 0 Å². The van der Waals surface area contributed by atoms with Gasteiger partial charge in [-0.1, -0.05) is 19.8 Å². The predicted octanol–water partition coefficient (Wildman–Crippen LogP) is 0.968. The van der Waals surface area contributed by atoms with Gasteiger partial charge in [0.05, 0.1) is 6.61 Å². The van der Waals surface area contributed by atoms with Crippen LogP contribution >= 0.6 is 0 Å². The Morgan fingerprint density at radius 3 is 2.89 bits per heavy atom. The van der Waals surface area contributed by atoms with E-state index in [-0.39, 0.29) is 12.0 Å². The molecule has 1 aliphatic carbocycles. The average Bonchev–Trinajstić information content (AvgIpc) is 3.10. The van der Waals surface area contributed by atoms with Crippen LogP contribution in [0.1, 0.15) is 38.4 Å². The summed E-state index contributed by atoms with van der Waals surface area (Å²) in [7, 11) is 0. The molecule has 0 saturated heterocycles. The Kier molecular flexibility index (Phi) is 4.35. The summed E-state index contributed by atoms with van der Waals surface area (Å²) in [5.41, 5.74) is 5.71. The topological polar surface area (TPSA) is 77.0 Å². The van der Waals surface area contributed by atoms with Crippen molar-refractivity contribution in [2.24, 2.45) is 17.1 Å². The van der Waals surface area contributed by atoms with Crippen molar-refractivity contribution in [1.82, 2.24) is 14.8 Å². The number of nitrogens with zero attached hydrogens (tertiary/aromatic N) is 3. The maximum absolute atomic E-state index is 9.74. The number of nitrogens with two attached hydrogens (primary N) is 1. The first-order valence-corrected chi connectivity index (χ1v) is 6.90. The zero-order valence-corrected chi connectivity index (χ0v) is 11.2. The molecular weight excluding hydrogens is 228 g/mol. The normalized spacial score (nSPS) is 18.8. The highest BCUT2D eigenvalue weighted by Gasteiger charge is 2.36. The largest absolute Gasteiger partial charge is 0.396 e. The molecule has 0 aromatic carbocycles. The van der Waals surface area contributed by atoms with Crippen molar-refractivity contribution < 1.29 is 5.11 Å². The fourth-order valence-corrected chi connectivity index (χ4v) is 2.51. The molecule has 1 saturated carbocycles. The fourth-order valence-electron chi connectivity index (χ4n) is 2.51. The first-order chi connectivity index (χ1) is 8.73. The van der Waals surface area contributed by atoms with Crippen molar-refractivity contribution >= 4 is 0 Å². The Morgan fingerprint density at radius 1 is 1.56 bits per heavy atom. The predicted molar refractivity (Wildman–Crippen MR) is 69.9 cm³/mol. The summed E-state index contributed by atoms with van der Waals surface area (Å²) in [4.78, 5) is 4.33. The zero-order chi connectivity index (χ0) is 13.0. The Morgan fingerprint density at radius 2 is 2.33 bits per heavy atom. The third-order valence-corrected chi connectivity index (χ3v) is 3.85. The van der Waals surface area contributed by atoms with E-state index in [2.05, 4.69) is 17.0 Å². The van der Waals surface area contributed by atoms with Gasteiger partial charge in [-0.25, -0.2) is 4.98 Å². The lowest BCUT2D eigenvalue weighted by Crippen LogP contribution is -2.38. The first kappa shape index (κ1) is 13.5. The molecule has 1 aromatic rings. The SMILES string of the molecule is CCCn1ncnc1CC(CN)(CO)CC1CC1. The van der Waals surface area contributed by atoms with E-state index in [1.54, 1.807) is 6.33 Å². The van der Waals surface area contributed by atoms with Crippen molar-refractivity contribution in [2.45, 2.75) is 45.6 Å². The lowest BCUT2D eigenvalue weighted by Gasteiger charge is -2.30. The minimum atomic E-state index is -0.209. The number of aromatic nitrogens is 3. The molecule has 0 radical (unpaired) electrons. The van der Waals surface area contributed by atoms with Crippen LogP contribution in [0.25, 0.3) is 0 Å².